The van der Waals surface area contributed by atoms with Crippen LogP contribution in [-0.2, 0) is 0 Å². The summed E-state index contributed by atoms with van der Waals surface area (Å²) in [5, 5.41) is 3.14. The van der Waals surface area contributed by atoms with Gasteiger partial charge in [-0.05, 0) is 25.1 Å². The number of amides is 1. The summed E-state index contributed by atoms with van der Waals surface area (Å²) >= 11 is 0. The fourth-order valence-electron chi connectivity index (χ4n) is 1.96. The minimum atomic E-state index is -0.679. The molecule has 0 saturated carbocycles. The lowest BCUT2D eigenvalue weighted by molar-refractivity contribution is 0.0650. The molecule has 1 saturated heterocycles. The number of carbonyl (C=O) groups is 1. The summed E-state index contributed by atoms with van der Waals surface area (Å²) in [5.41, 5.74) is -0.196. The van der Waals surface area contributed by atoms with Gasteiger partial charge in [0.15, 0.2) is 0 Å². The Kier molecular flexibility index (Phi) is 5.04. The van der Waals surface area contributed by atoms with Gasteiger partial charge in [-0.3, -0.25) is 4.79 Å². The van der Waals surface area contributed by atoms with E-state index in [9.17, 15) is 13.6 Å². The Morgan fingerprint density at radius 3 is 2.83 bits per heavy atom. The van der Waals surface area contributed by atoms with Gasteiger partial charge >= 0.3 is 0 Å². The highest BCUT2D eigenvalue weighted by Crippen LogP contribution is 2.15. The van der Waals surface area contributed by atoms with Crippen molar-refractivity contribution in [3.8, 4) is 0 Å². The molecule has 6 heteroatoms. The SMILES string of the molecule is CC1CNCCN1C(=O)c1cc(F)ccc1F.Cl. The van der Waals surface area contributed by atoms with E-state index in [1.807, 2.05) is 6.92 Å². The highest BCUT2D eigenvalue weighted by Gasteiger charge is 2.26. The van der Waals surface area contributed by atoms with Crippen LogP contribution in [0.15, 0.2) is 18.2 Å². The lowest BCUT2D eigenvalue weighted by Crippen LogP contribution is -2.52. The first kappa shape index (κ1) is 14.9. The summed E-state index contributed by atoms with van der Waals surface area (Å²) in [6, 6.07) is 2.92. The molecular formula is C12H15ClF2N2O. The molecule has 100 valence electrons. The minimum Gasteiger partial charge on any atom is -0.333 e. The van der Waals surface area contributed by atoms with Crippen LogP contribution in [0.3, 0.4) is 0 Å². The number of carbonyl (C=O) groups excluding carboxylic acids is 1. The molecule has 1 aliphatic heterocycles. The van der Waals surface area contributed by atoms with Crippen molar-refractivity contribution in [2.24, 2.45) is 0 Å². The number of nitrogens with zero attached hydrogens (tertiary/aromatic N) is 1. The third-order valence-corrected chi connectivity index (χ3v) is 2.92. The maximum atomic E-state index is 13.5. The zero-order valence-corrected chi connectivity index (χ0v) is 10.8. The Hall–Kier alpha value is -1.20. The molecule has 3 nitrogen and oxygen atoms in total. The zero-order valence-electron chi connectivity index (χ0n) is 9.95. The van der Waals surface area contributed by atoms with Crippen LogP contribution in [-0.4, -0.2) is 36.5 Å². The molecule has 0 radical (unpaired) electrons. The van der Waals surface area contributed by atoms with Gasteiger partial charge in [-0.1, -0.05) is 0 Å². The van der Waals surface area contributed by atoms with E-state index in [0.717, 1.165) is 18.2 Å². The largest absolute Gasteiger partial charge is 0.333 e. The molecule has 1 amide bonds. The van der Waals surface area contributed by atoms with E-state index in [-0.39, 0.29) is 24.0 Å². The summed E-state index contributed by atoms with van der Waals surface area (Å²) in [6.45, 7) is 3.73. The van der Waals surface area contributed by atoms with Crippen molar-refractivity contribution in [3.05, 3.63) is 35.4 Å². The second-order valence-electron chi connectivity index (χ2n) is 4.18. The zero-order chi connectivity index (χ0) is 12.4. The molecular weight excluding hydrogens is 262 g/mol. The van der Waals surface area contributed by atoms with Crippen LogP contribution >= 0.6 is 12.4 Å². The van der Waals surface area contributed by atoms with E-state index >= 15 is 0 Å². The molecule has 2 rings (SSSR count). The Balaban J connectivity index is 0.00000162. The summed E-state index contributed by atoms with van der Waals surface area (Å²) in [4.78, 5) is 13.6. The molecule has 1 atom stereocenters. The van der Waals surface area contributed by atoms with Gasteiger partial charge in [0.2, 0.25) is 0 Å². The Bertz CT molecular complexity index is 442. The molecule has 0 aliphatic carbocycles. The highest BCUT2D eigenvalue weighted by atomic mass is 35.5. The summed E-state index contributed by atoms with van der Waals surface area (Å²) < 4.78 is 26.5. The Morgan fingerprint density at radius 1 is 1.44 bits per heavy atom. The van der Waals surface area contributed by atoms with Crippen LogP contribution in [0.1, 0.15) is 17.3 Å². The highest BCUT2D eigenvalue weighted by molar-refractivity contribution is 5.94. The van der Waals surface area contributed by atoms with Crippen molar-refractivity contribution < 1.29 is 13.6 Å². The number of hydrogen-bond acceptors (Lipinski definition) is 2. The molecule has 1 aromatic rings. The number of rotatable bonds is 1. The molecule has 1 unspecified atom stereocenters. The van der Waals surface area contributed by atoms with E-state index in [0.29, 0.717) is 19.6 Å². The molecule has 1 aliphatic rings. The van der Waals surface area contributed by atoms with Gasteiger partial charge in [0, 0.05) is 25.7 Å². The van der Waals surface area contributed by atoms with Crippen molar-refractivity contribution in [1.82, 2.24) is 10.2 Å². The summed E-state index contributed by atoms with van der Waals surface area (Å²) in [5.74, 6) is -1.73. The topological polar surface area (TPSA) is 32.3 Å². The fourth-order valence-corrected chi connectivity index (χ4v) is 1.96. The summed E-state index contributed by atoms with van der Waals surface area (Å²) in [6.07, 6.45) is 0. The van der Waals surface area contributed by atoms with Gasteiger partial charge in [-0.25, -0.2) is 8.78 Å². The number of hydrogen-bond donors (Lipinski definition) is 1. The standard InChI is InChI=1S/C12H14F2N2O.ClH/c1-8-7-15-4-5-16(8)12(17)10-6-9(13)2-3-11(10)14;/h2-3,6,8,15H,4-5,7H2,1H3;1H. The molecule has 0 bridgehead atoms. The molecule has 0 aromatic heterocycles. The Labute approximate surface area is 111 Å². The maximum absolute atomic E-state index is 13.5. The van der Waals surface area contributed by atoms with E-state index < -0.39 is 17.5 Å². The minimum absolute atomic E-state index is 0. The maximum Gasteiger partial charge on any atom is 0.257 e. The normalized spacial score (nSPS) is 19.3. The van der Waals surface area contributed by atoms with Crippen molar-refractivity contribution >= 4 is 18.3 Å². The van der Waals surface area contributed by atoms with Gasteiger partial charge in [0.25, 0.3) is 5.91 Å². The average molecular weight is 277 g/mol. The number of nitrogens with one attached hydrogen (secondary N) is 1. The van der Waals surface area contributed by atoms with Gasteiger partial charge in [-0.15, -0.1) is 12.4 Å². The van der Waals surface area contributed by atoms with E-state index in [2.05, 4.69) is 5.32 Å². The third-order valence-electron chi connectivity index (χ3n) is 2.92. The van der Waals surface area contributed by atoms with E-state index in [4.69, 9.17) is 0 Å². The number of piperazine rings is 1. The Morgan fingerprint density at radius 2 is 2.17 bits per heavy atom. The van der Waals surface area contributed by atoms with Gasteiger partial charge in [-0.2, -0.15) is 0 Å². The first-order valence-corrected chi connectivity index (χ1v) is 5.56. The second kappa shape index (κ2) is 6.11. The second-order valence-corrected chi connectivity index (χ2v) is 4.18. The first-order chi connectivity index (χ1) is 8.09. The average Bonchev–Trinajstić information content (AvgIpc) is 2.32. The van der Waals surface area contributed by atoms with Crippen LogP contribution in [0.25, 0.3) is 0 Å². The van der Waals surface area contributed by atoms with Crippen molar-refractivity contribution in [1.29, 1.82) is 0 Å². The van der Waals surface area contributed by atoms with Crippen LogP contribution in [0.4, 0.5) is 8.78 Å². The van der Waals surface area contributed by atoms with Crippen molar-refractivity contribution in [2.75, 3.05) is 19.6 Å². The number of benzene rings is 1. The molecule has 18 heavy (non-hydrogen) atoms. The van der Waals surface area contributed by atoms with Crippen LogP contribution < -0.4 is 5.32 Å². The van der Waals surface area contributed by atoms with Crippen molar-refractivity contribution in [3.63, 3.8) is 0 Å². The summed E-state index contributed by atoms with van der Waals surface area (Å²) in [7, 11) is 0. The molecule has 1 heterocycles. The first-order valence-electron chi connectivity index (χ1n) is 5.56. The van der Waals surface area contributed by atoms with E-state index in [1.54, 1.807) is 4.90 Å². The van der Waals surface area contributed by atoms with Gasteiger partial charge in [0.1, 0.15) is 11.6 Å². The van der Waals surface area contributed by atoms with Crippen LogP contribution in [0, 0.1) is 11.6 Å². The predicted octanol–water partition coefficient (Wildman–Crippen LogP) is 1.82. The van der Waals surface area contributed by atoms with Crippen LogP contribution in [0.2, 0.25) is 0 Å². The predicted molar refractivity (Wildman–Crippen MR) is 67.0 cm³/mol. The van der Waals surface area contributed by atoms with Gasteiger partial charge in [0.05, 0.1) is 5.56 Å². The lowest BCUT2D eigenvalue weighted by Gasteiger charge is -2.34. The molecule has 1 aromatic carbocycles. The smallest absolute Gasteiger partial charge is 0.257 e. The quantitative estimate of drug-likeness (QED) is 0.849. The van der Waals surface area contributed by atoms with Crippen molar-refractivity contribution in [2.45, 2.75) is 13.0 Å². The monoisotopic (exact) mass is 276 g/mol. The van der Waals surface area contributed by atoms with Gasteiger partial charge < -0.3 is 10.2 Å². The van der Waals surface area contributed by atoms with Crippen LogP contribution in [0.5, 0.6) is 0 Å². The third kappa shape index (κ3) is 2.97. The fraction of sp³-hybridized carbons (Fsp3) is 0.417. The number of halogens is 3. The molecule has 0 spiro atoms. The lowest BCUT2D eigenvalue weighted by atomic mass is 10.1. The molecule has 1 N–H and O–H groups in total. The van der Waals surface area contributed by atoms with E-state index in [1.165, 1.54) is 0 Å². The molecule has 1 fully saturated rings.